The molecule has 0 amide bonds. The van der Waals surface area contributed by atoms with E-state index in [9.17, 15) is 13.2 Å². The molecule has 114 valence electrons. The van der Waals surface area contributed by atoms with Gasteiger partial charge in [-0.05, 0) is 18.1 Å². The Labute approximate surface area is 129 Å². The van der Waals surface area contributed by atoms with E-state index >= 15 is 0 Å². The molecule has 1 aromatic heterocycles. The van der Waals surface area contributed by atoms with Crippen molar-refractivity contribution in [2.45, 2.75) is 12.7 Å². The molecule has 1 aromatic carbocycles. The van der Waals surface area contributed by atoms with Crippen molar-refractivity contribution < 1.29 is 13.2 Å². The maximum Gasteiger partial charge on any atom is 0.353 e. The molecule has 0 radical (unpaired) electrons. The Hall–Kier alpha value is -1.61. The predicted octanol–water partition coefficient (Wildman–Crippen LogP) is 1.11. The smallest absolute Gasteiger partial charge is 0.353 e. The number of methoxy groups -OCH3 is 1. The number of ether oxygens (including phenoxy) is 1. The third kappa shape index (κ3) is 3.18. The van der Waals surface area contributed by atoms with Gasteiger partial charge in [0.15, 0.2) is 0 Å². The molecule has 0 fully saturated rings. The van der Waals surface area contributed by atoms with Crippen molar-refractivity contribution in [2.75, 3.05) is 7.11 Å². The minimum atomic E-state index is -3.42. The number of halogens is 1. The highest BCUT2D eigenvalue weighted by atomic mass is 79.9. The van der Waals surface area contributed by atoms with E-state index in [2.05, 4.69) is 19.9 Å². The van der Waals surface area contributed by atoms with Crippen LogP contribution >= 0.6 is 14.8 Å². The van der Waals surface area contributed by atoms with Gasteiger partial charge in [-0.1, -0.05) is 18.2 Å². The molecule has 0 saturated carbocycles. The van der Waals surface area contributed by atoms with Crippen LogP contribution in [0.2, 0.25) is 0 Å². The van der Waals surface area contributed by atoms with Crippen LogP contribution in [-0.2, 0) is 21.1 Å². The fourth-order valence-electron chi connectivity index (χ4n) is 2.11. The van der Waals surface area contributed by atoms with Gasteiger partial charge in [0, 0.05) is 7.05 Å². The summed E-state index contributed by atoms with van der Waals surface area (Å²) in [5.41, 5.74) is 1.29. The lowest BCUT2D eigenvalue weighted by molar-refractivity contribution is 0.368. The summed E-state index contributed by atoms with van der Waals surface area (Å²) in [5.74, 6) is -0.242. The molecule has 7 nitrogen and oxygen atoms in total. The molecule has 0 aliphatic carbocycles. The topological polar surface area (TPSA) is 83.2 Å². The van der Waals surface area contributed by atoms with Crippen LogP contribution in [0.25, 0.3) is 5.69 Å². The molecule has 0 unspecified atom stereocenters. The lowest BCUT2D eigenvalue weighted by Gasteiger charge is -2.12. The van der Waals surface area contributed by atoms with Gasteiger partial charge < -0.3 is 4.74 Å². The van der Waals surface area contributed by atoms with Gasteiger partial charge in [0.25, 0.3) is 0 Å². The van der Waals surface area contributed by atoms with Gasteiger partial charge >= 0.3 is 11.7 Å². The molecule has 1 heterocycles. The second-order valence-corrected chi connectivity index (χ2v) is 8.82. The zero-order valence-electron chi connectivity index (χ0n) is 11.7. The van der Waals surface area contributed by atoms with E-state index in [-0.39, 0.29) is 11.8 Å². The highest BCUT2D eigenvalue weighted by Gasteiger charge is 2.20. The number of hydrogen-bond acceptors (Lipinski definition) is 5. The Balaban J connectivity index is 2.78. The first-order chi connectivity index (χ1) is 9.74. The standard InChI is InChI=1S/C12H14BrN3O4S/c1-8-5-4-6-9(7-21(13,18)19)10(8)16-11(20-3)14-15(2)12(16)17/h4-6H,7H2,1-3H3. The van der Waals surface area contributed by atoms with Gasteiger partial charge in [-0.2, -0.15) is 0 Å². The van der Waals surface area contributed by atoms with Crippen LogP contribution in [0.1, 0.15) is 11.1 Å². The Morgan fingerprint density at radius 2 is 2.05 bits per heavy atom. The van der Waals surface area contributed by atoms with Crippen molar-refractivity contribution in [1.82, 2.24) is 14.3 Å². The third-order valence-corrected chi connectivity index (χ3v) is 4.29. The first-order valence-electron chi connectivity index (χ1n) is 5.96. The van der Waals surface area contributed by atoms with Crippen molar-refractivity contribution in [3.63, 3.8) is 0 Å². The number of hydrogen-bond donors (Lipinski definition) is 0. The summed E-state index contributed by atoms with van der Waals surface area (Å²) in [6.07, 6.45) is 0. The molecule has 0 aliphatic rings. The average molecular weight is 376 g/mol. The largest absolute Gasteiger partial charge is 0.467 e. The highest BCUT2D eigenvalue weighted by Crippen LogP contribution is 2.24. The monoisotopic (exact) mass is 375 g/mol. The Morgan fingerprint density at radius 3 is 2.62 bits per heavy atom. The van der Waals surface area contributed by atoms with Gasteiger partial charge in [0.2, 0.25) is 8.27 Å². The Morgan fingerprint density at radius 1 is 1.38 bits per heavy atom. The third-order valence-electron chi connectivity index (χ3n) is 2.95. The zero-order chi connectivity index (χ0) is 15.8. The minimum absolute atomic E-state index is 0.102. The van der Waals surface area contributed by atoms with Crippen molar-refractivity contribution in [2.24, 2.45) is 7.05 Å². The second-order valence-electron chi connectivity index (χ2n) is 4.49. The number of benzene rings is 1. The van der Waals surface area contributed by atoms with Crippen LogP contribution in [0.15, 0.2) is 23.0 Å². The molecular formula is C12H14BrN3O4S. The molecule has 0 bridgehead atoms. The number of rotatable bonds is 4. The van der Waals surface area contributed by atoms with Crippen LogP contribution in [0.5, 0.6) is 6.01 Å². The number of aromatic nitrogens is 3. The summed E-state index contributed by atoms with van der Waals surface area (Å²) in [6, 6.07) is 5.28. The number of nitrogens with zero attached hydrogens (tertiary/aromatic N) is 3. The van der Waals surface area contributed by atoms with Crippen molar-refractivity contribution in [3.05, 3.63) is 39.8 Å². The van der Waals surface area contributed by atoms with E-state index in [4.69, 9.17) is 4.74 Å². The molecular weight excluding hydrogens is 362 g/mol. The summed E-state index contributed by atoms with van der Waals surface area (Å²) in [5, 5.41) is 3.97. The van der Waals surface area contributed by atoms with E-state index in [1.54, 1.807) is 25.1 Å². The SMILES string of the molecule is COc1nn(C)c(=O)n1-c1c(C)cccc1CS(=O)(=O)Br. The minimum Gasteiger partial charge on any atom is -0.467 e. The Kier molecular flexibility index (Phi) is 4.24. The van der Waals surface area contributed by atoms with Gasteiger partial charge in [-0.25, -0.2) is 22.5 Å². The maximum atomic E-state index is 12.2. The molecule has 2 rings (SSSR count). The van der Waals surface area contributed by atoms with Crippen molar-refractivity contribution in [1.29, 1.82) is 0 Å². The van der Waals surface area contributed by atoms with E-state index in [1.165, 1.54) is 18.7 Å². The number of para-hydroxylation sites is 1. The molecule has 0 aliphatic heterocycles. The zero-order valence-corrected chi connectivity index (χ0v) is 14.1. The van der Waals surface area contributed by atoms with Crippen LogP contribution < -0.4 is 10.4 Å². The normalized spacial score (nSPS) is 11.6. The fraction of sp³-hybridized carbons (Fsp3) is 0.333. The van der Waals surface area contributed by atoms with Crippen molar-refractivity contribution in [3.8, 4) is 11.7 Å². The van der Waals surface area contributed by atoms with Crippen molar-refractivity contribution >= 4 is 23.1 Å². The van der Waals surface area contributed by atoms with Crippen LogP contribution in [0, 0.1) is 6.92 Å². The summed E-state index contributed by atoms with van der Waals surface area (Å²) < 4.78 is 30.5. The van der Waals surface area contributed by atoms with Crippen LogP contribution in [0.4, 0.5) is 0 Å². The average Bonchev–Trinajstić information content (AvgIpc) is 2.64. The molecule has 0 spiro atoms. The van der Waals surface area contributed by atoms with E-state index in [0.717, 1.165) is 10.2 Å². The quantitative estimate of drug-likeness (QED) is 0.747. The summed E-state index contributed by atoms with van der Waals surface area (Å²) in [7, 11) is -0.520. The lowest BCUT2D eigenvalue weighted by atomic mass is 10.1. The lowest BCUT2D eigenvalue weighted by Crippen LogP contribution is -2.23. The van der Waals surface area contributed by atoms with Gasteiger partial charge in [-0.3, -0.25) is 0 Å². The molecule has 0 N–H and O–H groups in total. The number of aryl methyl sites for hydroxylation is 2. The van der Waals surface area contributed by atoms with Crippen LogP contribution in [-0.4, -0.2) is 29.9 Å². The summed E-state index contributed by atoms with van der Waals surface area (Å²) >= 11 is 2.64. The fourth-order valence-corrected chi connectivity index (χ4v) is 3.45. The maximum absolute atomic E-state index is 12.2. The van der Waals surface area contributed by atoms with Gasteiger partial charge in [0.1, 0.15) is 0 Å². The van der Waals surface area contributed by atoms with E-state index < -0.39 is 14.0 Å². The molecule has 0 saturated heterocycles. The molecule has 2 aromatic rings. The molecule has 21 heavy (non-hydrogen) atoms. The first kappa shape index (κ1) is 15.8. The molecule has 0 atom stereocenters. The predicted molar refractivity (Wildman–Crippen MR) is 81.6 cm³/mol. The molecule has 9 heteroatoms. The Bertz CT molecular complexity index is 839. The first-order valence-corrected chi connectivity index (χ1v) is 9.45. The van der Waals surface area contributed by atoms with Gasteiger partial charge in [-0.15, -0.1) is 5.10 Å². The van der Waals surface area contributed by atoms with Gasteiger partial charge in [0.05, 0.1) is 33.4 Å². The van der Waals surface area contributed by atoms with E-state index in [0.29, 0.717) is 11.3 Å². The summed E-state index contributed by atoms with van der Waals surface area (Å²) in [6.45, 7) is 1.79. The van der Waals surface area contributed by atoms with Crippen LogP contribution in [0.3, 0.4) is 0 Å². The highest BCUT2D eigenvalue weighted by molar-refractivity contribution is 9.47. The van der Waals surface area contributed by atoms with E-state index in [1.807, 2.05) is 0 Å². The summed E-state index contributed by atoms with van der Waals surface area (Å²) in [4.78, 5) is 12.2. The second kappa shape index (κ2) is 5.64.